The van der Waals surface area contributed by atoms with E-state index >= 15 is 0 Å². The van der Waals surface area contributed by atoms with Crippen LogP contribution in [0.5, 0.6) is 0 Å². The summed E-state index contributed by atoms with van der Waals surface area (Å²) in [4.78, 5) is 18.3. The van der Waals surface area contributed by atoms with Crippen molar-refractivity contribution >= 4 is 22.5 Å². The fourth-order valence-corrected chi connectivity index (χ4v) is 3.58. The van der Waals surface area contributed by atoms with Crippen LogP contribution in [0.1, 0.15) is 71.5 Å². The van der Waals surface area contributed by atoms with Gasteiger partial charge in [0, 0.05) is 38.7 Å². The van der Waals surface area contributed by atoms with Gasteiger partial charge in [0.1, 0.15) is 11.6 Å². The number of aromatic nitrogens is 2. The number of aryl methyl sites for hydroxylation is 2. The van der Waals surface area contributed by atoms with Crippen LogP contribution in [-0.4, -0.2) is 28.4 Å². The number of rotatable bonds is 12. The van der Waals surface area contributed by atoms with Crippen molar-refractivity contribution in [2.45, 2.75) is 72.1 Å². The first-order valence-corrected chi connectivity index (χ1v) is 10.3. The molecule has 0 aliphatic carbocycles. The van der Waals surface area contributed by atoms with Gasteiger partial charge in [-0.05, 0) is 50.8 Å². The first kappa shape index (κ1) is 20.5. The van der Waals surface area contributed by atoms with E-state index in [4.69, 9.17) is 4.98 Å². The molecule has 144 valence electrons. The van der Waals surface area contributed by atoms with Crippen molar-refractivity contribution < 1.29 is 4.79 Å². The van der Waals surface area contributed by atoms with Crippen LogP contribution in [0.2, 0.25) is 0 Å². The lowest BCUT2D eigenvalue weighted by molar-refractivity contribution is -0.117. The Morgan fingerprint density at radius 2 is 1.77 bits per heavy atom. The van der Waals surface area contributed by atoms with Crippen LogP contribution >= 0.6 is 0 Å². The summed E-state index contributed by atoms with van der Waals surface area (Å²) < 4.78 is 2.23. The van der Waals surface area contributed by atoms with Gasteiger partial charge >= 0.3 is 0 Å². The molecule has 0 aliphatic heterocycles. The zero-order valence-electron chi connectivity index (χ0n) is 17.1. The molecule has 0 atom stereocenters. The molecule has 2 aromatic rings. The Labute approximate surface area is 158 Å². The maximum atomic E-state index is 11.0. The molecule has 0 N–H and O–H groups in total. The van der Waals surface area contributed by atoms with Gasteiger partial charge in [-0.3, -0.25) is 0 Å². The summed E-state index contributed by atoms with van der Waals surface area (Å²) in [5.74, 6) is 1.47. The average molecular weight is 358 g/mol. The Morgan fingerprint density at radius 1 is 1.08 bits per heavy atom. The van der Waals surface area contributed by atoms with Gasteiger partial charge in [0.2, 0.25) is 0 Å². The van der Waals surface area contributed by atoms with Gasteiger partial charge in [0.05, 0.1) is 11.0 Å². The zero-order valence-corrected chi connectivity index (χ0v) is 17.1. The number of carbonyl (C=O) groups is 1. The predicted molar refractivity (Wildman–Crippen MR) is 111 cm³/mol. The third kappa shape index (κ3) is 5.58. The normalized spacial score (nSPS) is 11.2. The SMILES string of the molecule is CCCN(CCC)c1ccc2c(c1)nc(CCCCCCC(C)=O)n2C. The van der Waals surface area contributed by atoms with Crippen LogP contribution in [0.4, 0.5) is 5.69 Å². The number of imidazole rings is 1. The van der Waals surface area contributed by atoms with E-state index < -0.39 is 0 Å². The molecule has 1 heterocycles. The number of benzene rings is 1. The third-order valence-electron chi connectivity index (χ3n) is 4.99. The lowest BCUT2D eigenvalue weighted by Gasteiger charge is -2.23. The topological polar surface area (TPSA) is 38.1 Å². The van der Waals surface area contributed by atoms with Crippen LogP contribution in [0.3, 0.4) is 0 Å². The summed E-state index contributed by atoms with van der Waals surface area (Å²) in [6, 6.07) is 6.70. The molecular formula is C22H35N3O. The van der Waals surface area contributed by atoms with E-state index in [-0.39, 0.29) is 0 Å². The minimum absolute atomic E-state index is 0.302. The maximum Gasteiger partial charge on any atom is 0.129 e. The Bertz CT molecular complexity index is 699. The highest BCUT2D eigenvalue weighted by atomic mass is 16.1. The fraction of sp³-hybridized carbons (Fsp3) is 0.636. The average Bonchev–Trinajstić information content (AvgIpc) is 2.93. The molecule has 4 nitrogen and oxygen atoms in total. The van der Waals surface area contributed by atoms with Gasteiger partial charge in [0.25, 0.3) is 0 Å². The first-order chi connectivity index (χ1) is 12.6. The van der Waals surface area contributed by atoms with Crippen molar-refractivity contribution in [2.24, 2.45) is 7.05 Å². The van der Waals surface area contributed by atoms with E-state index in [9.17, 15) is 4.79 Å². The summed E-state index contributed by atoms with van der Waals surface area (Å²) >= 11 is 0. The van der Waals surface area contributed by atoms with Crippen molar-refractivity contribution in [1.29, 1.82) is 0 Å². The zero-order chi connectivity index (χ0) is 18.9. The number of unbranched alkanes of at least 4 members (excludes halogenated alkanes) is 3. The molecule has 0 radical (unpaired) electrons. The summed E-state index contributed by atoms with van der Waals surface area (Å²) in [5.41, 5.74) is 3.61. The van der Waals surface area contributed by atoms with Crippen molar-refractivity contribution in [3.8, 4) is 0 Å². The van der Waals surface area contributed by atoms with Crippen molar-refractivity contribution in [3.05, 3.63) is 24.0 Å². The number of anilines is 1. The number of hydrogen-bond donors (Lipinski definition) is 0. The number of hydrogen-bond acceptors (Lipinski definition) is 3. The van der Waals surface area contributed by atoms with Crippen molar-refractivity contribution in [3.63, 3.8) is 0 Å². The molecule has 0 amide bonds. The molecule has 26 heavy (non-hydrogen) atoms. The lowest BCUT2D eigenvalue weighted by atomic mass is 10.1. The lowest BCUT2D eigenvalue weighted by Crippen LogP contribution is -2.24. The monoisotopic (exact) mass is 357 g/mol. The van der Waals surface area contributed by atoms with Crippen LogP contribution in [0.25, 0.3) is 11.0 Å². The molecule has 0 bridgehead atoms. The molecule has 2 rings (SSSR count). The highest BCUT2D eigenvalue weighted by Gasteiger charge is 2.11. The first-order valence-electron chi connectivity index (χ1n) is 10.3. The van der Waals surface area contributed by atoms with Crippen LogP contribution in [0.15, 0.2) is 18.2 Å². The second-order valence-corrected chi connectivity index (χ2v) is 7.36. The Morgan fingerprint density at radius 3 is 2.42 bits per heavy atom. The number of fused-ring (bicyclic) bond motifs is 1. The molecule has 0 fully saturated rings. The Kier molecular flexibility index (Phi) is 8.14. The van der Waals surface area contributed by atoms with E-state index in [1.165, 1.54) is 23.4 Å². The smallest absolute Gasteiger partial charge is 0.129 e. The summed E-state index contributed by atoms with van der Waals surface area (Å²) in [6.45, 7) is 8.33. The molecule has 0 saturated carbocycles. The molecule has 0 unspecified atom stereocenters. The van der Waals surface area contributed by atoms with Gasteiger partial charge in [-0.25, -0.2) is 4.98 Å². The van der Waals surface area contributed by atoms with E-state index in [0.29, 0.717) is 5.78 Å². The van der Waals surface area contributed by atoms with Gasteiger partial charge in [-0.15, -0.1) is 0 Å². The molecular weight excluding hydrogens is 322 g/mol. The second-order valence-electron chi connectivity index (χ2n) is 7.36. The summed E-state index contributed by atoms with van der Waals surface area (Å²) in [7, 11) is 2.12. The van der Waals surface area contributed by atoms with Gasteiger partial charge in [-0.2, -0.15) is 0 Å². The highest BCUT2D eigenvalue weighted by Crippen LogP contribution is 2.24. The van der Waals surface area contributed by atoms with E-state index in [0.717, 1.165) is 63.6 Å². The van der Waals surface area contributed by atoms with Gasteiger partial charge < -0.3 is 14.3 Å². The maximum absolute atomic E-state index is 11.0. The van der Waals surface area contributed by atoms with E-state index in [1.807, 2.05) is 0 Å². The molecule has 0 aliphatic rings. The predicted octanol–water partition coefficient (Wildman–Crippen LogP) is 5.28. The molecule has 1 aromatic carbocycles. The Hall–Kier alpha value is -1.84. The highest BCUT2D eigenvalue weighted by molar-refractivity contribution is 5.80. The molecule has 4 heteroatoms. The molecule has 0 spiro atoms. The second kappa shape index (κ2) is 10.3. The minimum atomic E-state index is 0.302. The molecule has 0 saturated heterocycles. The summed E-state index contributed by atoms with van der Waals surface area (Å²) in [6.07, 6.45) is 8.52. The number of carbonyl (C=O) groups excluding carboxylic acids is 1. The standard InChI is InChI=1S/C22H35N3O/c1-5-15-25(16-6-2)19-13-14-21-20(17-19)23-22(24(21)4)12-10-8-7-9-11-18(3)26/h13-14,17H,5-12,15-16H2,1-4H3. The minimum Gasteiger partial charge on any atom is -0.371 e. The van der Waals surface area contributed by atoms with Crippen LogP contribution < -0.4 is 4.90 Å². The quantitative estimate of drug-likeness (QED) is 0.485. The van der Waals surface area contributed by atoms with Gasteiger partial charge in [-0.1, -0.05) is 26.7 Å². The van der Waals surface area contributed by atoms with Gasteiger partial charge in [0.15, 0.2) is 0 Å². The fourth-order valence-electron chi connectivity index (χ4n) is 3.58. The van der Waals surface area contributed by atoms with Crippen LogP contribution in [-0.2, 0) is 18.3 Å². The number of Topliss-reactive ketones (excluding diaryl/α,β-unsaturated/α-hetero) is 1. The Balaban J connectivity index is 2.01. The number of ketones is 1. The van der Waals surface area contributed by atoms with Crippen molar-refractivity contribution in [2.75, 3.05) is 18.0 Å². The van der Waals surface area contributed by atoms with Crippen molar-refractivity contribution in [1.82, 2.24) is 9.55 Å². The number of nitrogens with zero attached hydrogens (tertiary/aromatic N) is 3. The van der Waals surface area contributed by atoms with E-state index in [2.05, 4.69) is 48.6 Å². The largest absolute Gasteiger partial charge is 0.371 e. The summed E-state index contributed by atoms with van der Waals surface area (Å²) in [5, 5.41) is 0. The molecule has 1 aromatic heterocycles. The third-order valence-corrected chi connectivity index (χ3v) is 4.99. The van der Waals surface area contributed by atoms with E-state index in [1.54, 1.807) is 6.92 Å². The van der Waals surface area contributed by atoms with Crippen LogP contribution in [0, 0.1) is 0 Å².